The number of H-pyrrole nitrogens is 1. The predicted molar refractivity (Wildman–Crippen MR) is 137 cm³/mol. The Balaban J connectivity index is 2.89. The van der Waals surface area contributed by atoms with Crippen molar-refractivity contribution in [2.45, 2.75) is 63.7 Å². The van der Waals surface area contributed by atoms with E-state index in [4.69, 9.17) is 17.2 Å². The Bertz CT molecular complexity index is 892. The lowest BCUT2D eigenvalue weighted by Gasteiger charge is -2.25. The fourth-order valence-corrected chi connectivity index (χ4v) is 3.42. The summed E-state index contributed by atoms with van der Waals surface area (Å²) in [6, 6.07) is -4.28. The number of amides is 3. The van der Waals surface area contributed by atoms with E-state index >= 15 is 0 Å². The van der Waals surface area contributed by atoms with Gasteiger partial charge >= 0.3 is 5.97 Å². The number of hydrogen-bond acceptors (Lipinski definition) is 8. The molecule has 3 amide bonds. The summed E-state index contributed by atoms with van der Waals surface area (Å²) in [4.78, 5) is 60.6. The summed E-state index contributed by atoms with van der Waals surface area (Å²) in [5, 5.41) is 17.0. The number of carbonyl (C=O) groups excluding carboxylic acids is 3. The van der Waals surface area contributed by atoms with Crippen molar-refractivity contribution in [2.24, 2.45) is 28.1 Å². The summed E-state index contributed by atoms with van der Waals surface area (Å²) >= 11 is 4.13. The van der Waals surface area contributed by atoms with Crippen LogP contribution in [0.5, 0.6) is 0 Å². The van der Waals surface area contributed by atoms with Crippen LogP contribution in [0, 0.1) is 5.92 Å². The number of thiol groups is 1. The van der Waals surface area contributed by atoms with Gasteiger partial charge < -0.3 is 43.2 Å². The number of aromatic amines is 1. The van der Waals surface area contributed by atoms with E-state index in [0.717, 1.165) is 0 Å². The first-order chi connectivity index (χ1) is 17.0. The minimum atomic E-state index is -1.18. The molecule has 0 saturated heterocycles. The maximum Gasteiger partial charge on any atom is 0.326 e. The van der Waals surface area contributed by atoms with Gasteiger partial charge in [-0.25, -0.2) is 9.78 Å². The molecule has 1 aromatic rings. The largest absolute Gasteiger partial charge is 0.480 e. The Morgan fingerprint density at radius 2 is 1.78 bits per heavy atom. The first-order valence-corrected chi connectivity index (χ1v) is 12.2. The number of carboxylic acid groups (broad SMARTS) is 1. The fourth-order valence-electron chi connectivity index (χ4n) is 3.16. The number of aliphatic carboxylic acids is 1. The molecule has 5 unspecified atom stereocenters. The highest BCUT2D eigenvalue weighted by Crippen LogP contribution is 2.09. The van der Waals surface area contributed by atoms with Crippen LogP contribution in [0.25, 0.3) is 0 Å². The molecule has 0 saturated carbocycles. The minimum absolute atomic E-state index is 0.0455. The highest BCUT2D eigenvalue weighted by molar-refractivity contribution is 7.80. The minimum Gasteiger partial charge on any atom is -0.480 e. The normalized spacial score (nSPS) is 15.0. The second kappa shape index (κ2) is 15.6. The second-order valence-electron chi connectivity index (χ2n) is 8.35. The van der Waals surface area contributed by atoms with Crippen molar-refractivity contribution in [1.29, 1.82) is 0 Å². The number of nitrogens with one attached hydrogen (secondary N) is 4. The first kappa shape index (κ1) is 30.7. The molecule has 0 fully saturated rings. The van der Waals surface area contributed by atoms with Crippen molar-refractivity contribution < 1.29 is 24.3 Å². The number of nitrogens with two attached hydrogens (primary N) is 3. The number of carboxylic acids is 1. The van der Waals surface area contributed by atoms with Crippen LogP contribution in [0.3, 0.4) is 0 Å². The van der Waals surface area contributed by atoms with Gasteiger partial charge in [0.1, 0.15) is 18.1 Å². The van der Waals surface area contributed by atoms with Gasteiger partial charge in [0.05, 0.1) is 12.4 Å². The van der Waals surface area contributed by atoms with E-state index in [2.05, 4.69) is 43.5 Å². The average Bonchev–Trinajstić information content (AvgIpc) is 3.34. The molecule has 0 radical (unpaired) electrons. The topological polar surface area (TPSA) is 244 Å². The van der Waals surface area contributed by atoms with Crippen LogP contribution < -0.4 is 33.2 Å². The van der Waals surface area contributed by atoms with E-state index in [9.17, 15) is 24.3 Å². The van der Waals surface area contributed by atoms with Gasteiger partial charge in [0.25, 0.3) is 0 Å². The van der Waals surface area contributed by atoms with Crippen LogP contribution in [0.1, 0.15) is 38.8 Å². The lowest BCUT2D eigenvalue weighted by Crippen LogP contribution is -2.58. The molecule has 202 valence electrons. The van der Waals surface area contributed by atoms with Gasteiger partial charge in [0, 0.05) is 30.6 Å². The number of hydrogen-bond donors (Lipinski definition) is 9. The van der Waals surface area contributed by atoms with E-state index in [1.165, 1.54) is 12.5 Å². The standard InChI is InChI=1S/C21H37N9O5S/c1-3-11(2)16(20(34)35)30-19(33)15(9-36)29-18(32)14(7-12-8-25-10-27-12)28-17(31)13(22)5-4-6-26-21(23)24/h8,10-11,13-16,36H,3-7,9,22H2,1-2H3,(H,25,27)(H,28,31)(H,29,32)(H,30,33)(H,34,35)(H4,23,24,26). The van der Waals surface area contributed by atoms with Crippen LogP contribution >= 0.6 is 12.6 Å². The summed E-state index contributed by atoms with van der Waals surface area (Å²) in [6.45, 7) is 3.80. The fraction of sp³-hybridized carbons (Fsp3) is 0.619. The van der Waals surface area contributed by atoms with Crippen molar-refractivity contribution >= 4 is 42.3 Å². The lowest BCUT2D eigenvalue weighted by atomic mass is 9.99. The van der Waals surface area contributed by atoms with Crippen LogP contribution in [0.2, 0.25) is 0 Å². The molecule has 0 aliphatic rings. The van der Waals surface area contributed by atoms with Gasteiger partial charge in [0.2, 0.25) is 17.7 Å². The SMILES string of the molecule is CCC(C)C(NC(=O)C(CS)NC(=O)C(Cc1cnc[nH]1)NC(=O)C(N)CCCN=C(N)N)C(=O)O. The summed E-state index contributed by atoms with van der Waals surface area (Å²) in [5.74, 6) is -3.62. The highest BCUT2D eigenvalue weighted by atomic mass is 32.1. The number of aliphatic imine (C=N–C) groups is 1. The summed E-state index contributed by atoms with van der Waals surface area (Å²) in [5.41, 5.74) is 17.1. The quantitative estimate of drug-likeness (QED) is 0.0491. The third-order valence-electron chi connectivity index (χ3n) is 5.51. The Morgan fingerprint density at radius 3 is 2.31 bits per heavy atom. The third-order valence-corrected chi connectivity index (χ3v) is 5.87. The Hall–Kier alpha value is -3.33. The maximum absolute atomic E-state index is 13.1. The molecule has 1 rings (SSSR count). The Kier molecular flexibility index (Phi) is 13.3. The summed E-state index contributed by atoms with van der Waals surface area (Å²) in [6.07, 6.45) is 4.21. The molecule has 5 atom stereocenters. The molecular formula is C21H37N9O5S. The van der Waals surface area contributed by atoms with Gasteiger partial charge in [-0.15, -0.1) is 0 Å². The zero-order valence-electron chi connectivity index (χ0n) is 20.4. The van der Waals surface area contributed by atoms with Crippen molar-refractivity contribution in [1.82, 2.24) is 25.9 Å². The molecule has 0 spiro atoms. The molecule has 0 aromatic carbocycles. The summed E-state index contributed by atoms with van der Waals surface area (Å²) < 4.78 is 0. The zero-order chi connectivity index (χ0) is 27.3. The molecule has 1 heterocycles. The predicted octanol–water partition coefficient (Wildman–Crippen LogP) is -2.15. The van der Waals surface area contributed by atoms with Crippen molar-refractivity contribution in [3.63, 3.8) is 0 Å². The molecule has 0 bridgehead atoms. The average molecular weight is 528 g/mol. The van der Waals surface area contributed by atoms with E-state index in [1.807, 2.05) is 0 Å². The maximum atomic E-state index is 13.1. The monoisotopic (exact) mass is 527 g/mol. The molecule has 1 aromatic heterocycles. The van der Waals surface area contributed by atoms with E-state index in [-0.39, 0.29) is 30.5 Å². The first-order valence-electron chi connectivity index (χ1n) is 11.5. The van der Waals surface area contributed by atoms with Crippen LogP contribution in [-0.2, 0) is 25.6 Å². The van der Waals surface area contributed by atoms with Gasteiger partial charge in [-0.3, -0.25) is 19.4 Å². The number of imidazole rings is 1. The molecule has 11 N–H and O–H groups in total. The molecular weight excluding hydrogens is 490 g/mol. The molecule has 14 nitrogen and oxygen atoms in total. The number of rotatable bonds is 16. The van der Waals surface area contributed by atoms with Crippen LogP contribution in [0.15, 0.2) is 17.5 Å². The van der Waals surface area contributed by atoms with Crippen LogP contribution in [0.4, 0.5) is 0 Å². The third kappa shape index (κ3) is 10.5. The van der Waals surface area contributed by atoms with Crippen molar-refractivity contribution in [3.8, 4) is 0 Å². The van der Waals surface area contributed by atoms with Gasteiger partial charge in [-0.2, -0.15) is 12.6 Å². The summed E-state index contributed by atoms with van der Waals surface area (Å²) in [7, 11) is 0. The van der Waals surface area contributed by atoms with Crippen LogP contribution in [-0.4, -0.2) is 81.2 Å². The highest BCUT2D eigenvalue weighted by Gasteiger charge is 2.31. The zero-order valence-corrected chi connectivity index (χ0v) is 21.3. The number of nitrogens with zero attached hydrogens (tertiary/aromatic N) is 2. The van der Waals surface area contributed by atoms with Crippen molar-refractivity contribution in [3.05, 3.63) is 18.2 Å². The number of aromatic nitrogens is 2. The molecule has 0 aliphatic heterocycles. The number of guanidine groups is 1. The van der Waals surface area contributed by atoms with Crippen molar-refractivity contribution in [2.75, 3.05) is 12.3 Å². The van der Waals surface area contributed by atoms with E-state index in [1.54, 1.807) is 13.8 Å². The number of carbonyl (C=O) groups is 4. The van der Waals surface area contributed by atoms with Gasteiger partial charge in [-0.05, 0) is 18.8 Å². The molecule has 0 aliphatic carbocycles. The molecule has 36 heavy (non-hydrogen) atoms. The Labute approximate surface area is 215 Å². The molecule has 15 heteroatoms. The lowest BCUT2D eigenvalue weighted by molar-refractivity contribution is -0.143. The van der Waals surface area contributed by atoms with E-state index in [0.29, 0.717) is 25.1 Å². The Morgan fingerprint density at radius 1 is 1.14 bits per heavy atom. The second-order valence-corrected chi connectivity index (χ2v) is 8.72. The van der Waals surface area contributed by atoms with E-state index < -0.39 is 47.9 Å². The van der Waals surface area contributed by atoms with Gasteiger partial charge in [-0.1, -0.05) is 20.3 Å². The van der Waals surface area contributed by atoms with Gasteiger partial charge in [0.15, 0.2) is 5.96 Å². The smallest absolute Gasteiger partial charge is 0.326 e.